The smallest absolute Gasteiger partial charge is 0.321 e. The maximum Gasteiger partial charge on any atom is 0.321 e. The summed E-state index contributed by atoms with van der Waals surface area (Å²) in [5.41, 5.74) is 0.689. The van der Waals surface area contributed by atoms with Gasteiger partial charge < -0.3 is 10.2 Å². The topological polar surface area (TPSA) is 49.4 Å². The van der Waals surface area contributed by atoms with Crippen molar-refractivity contribution in [1.29, 1.82) is 0 Å². The maximum absolute atomic E-state index is 12.1. The van der Waals surface area contributed by atoms with E-state index < -0.39 is 0 Å². The molecule has 0 bridgehead atoms. The van der Waals surface area contributed by atoms with E-state index in [-0.39, 0.29) is 11.9 Å². The average Bonchev–Trinajstić information content (AvgIpc) is 2.46. The van der Waals surface area contributed by atoms with Gasteiger partial charge in [-0.05, 0) is 31.0 Å². The minimum absolute atomic E-state index is 0.121. The van der Waals surface area contributed by atoms with Gasteiger partial charge in [-0.25, -0.2) is 4.79 Å². The molecule has 1 heterocycles. The second kappa shape index (κ2) is 6.75. The zero-order valence-electron chi connectivity index (χ0n) is 11.6. The minimum atomic E-state index is -0.130. The summed E-state index contributed by atoms with van der Waals surface area (Å²) >= 11 is 5.88. The fraction of sp³-hybridized carbons (Fsp3) is 0.467. The van der Waals surface area contributed by atoms with E-state index in [0.717, 1.165) is 12.8 Å². The highest BCUT2D eigenvalue weighted by Gasteiger charge is 2.26. The van der Waals surface area contributed by atoms with Crippen LogP contribution in [0.1, 0.15) is 26.2 Å². The standard InChI is InChI=1S/C15H19ClN2O2/c1-2-14(19)11-6-8-18(9-7-11)15(20)17-13-5-3-4-12(16)10-13/h3-5,10-11H,2,6-9H2,1H3,(H,17,20). The third kappa shape index (κ3) is 3.73. The molecule has 0 aliphatic carbocycles. The largest absolute Gasteiger partial charge is 0.324 e. The van der Waals surface area contributed by atoms with Crippen molar-refractivity contribution < 1.29 is 9.59 Å². The van der Waals surface area contributed by atoms with E-state index in [4.69, 9.17) is 11.6 Å². The van der Waals surface area contributed by atoms with Crippen molar-refractivity contribution >= 4 is 29.1 Å². The number of piperidine rings is 1. The molecule has 2 rings (SSSR count). The van der Waals surface area contributed by atoms with Crippen molar-refractivity contribution in [2.24, 2.45) is 5.92 Å². The van der Waals surface area contributed by atoms with Crippen LogP contribution in [-0.4, -0.2) is 29.8 Å². The number of carbonyl (C=O) groups excluding carboxylic acids is 2. The molecule has 108 valence electrons. The van der Waals surface area contributed by atoms with Crippen LogP contribution < -0.4 is 5.32 Å². The number of nitrogens with zero attached hydrogens (tertiary/aromatic N) is 1. The number of hydrogen-bond donors (Lipinski definition) is 1. The summed E-state index contributed by atoms with van der Waals surface area (Å²) in [6, 6.07) is 6.95. The van der Waals surface area contributed by atoms with E-state index >= 15 is 0 Å². The monoisotopic (exact) mass is 294 g/mol. The van der Waals surface area contributed by atoms with Gasteiger partial charge in [0.25, 0.3) is 0 Å². The number of benzene rings is 1. The normalized spacial score (nSPS) is 16.0. The van der Waals surface area contributed by atoms with Crippen molar-refractivity contribution in [3.63, 3.8) is 0 Å². The van der Waals surface area contributed by atoms with E-state index in [9.17, 15) is 9.59 Å². The molecule has 1 aromatic carbocycles. The molecular weight excluding hydrogens is 276 g/mol. The van der Waals surface area contributed by atoms with Crippen LogP contribution in [-0.2, 0) is 4.79 Å². The molecule has 1 aliphatic heterocycles. The third-order valence-electron chi connectivity index (χ3n) is 3.66. The number of Topliss-reactive ketones (excluding diaryl/α,β-unsaturated/α-hetero) is 1. The molecule has 1 aliphatic rings. The van der Waals surface area contributed by atoms with Gasteiger partial charge in [-0.1, -0.05) is 24.6 Å². The second-order valence-corrected chi connectivity index (χ2v) is 5.46. The van der Waals surface area contributed by atoms with E-state index in [1.807, 2.05) is 6.92 Å². The highest BCUT2D eigenvalue weighted by atomic mass is 35.5. The van der Waals surface area contributed by atoms with Gasteiger partial charge in [-0.3, -0.25) is 4.79 Å². The number of ketones is 1. The second-order valence-electron chi connectivity index (χ2n) is 5.02. The summed E-state index contributed by atoms with van der Waals surface area (Å²) in [7, 11) is 0. The molecule has 0 radical (unpaired) electrons. The number of nitrogens with one attached hydrogen (secondary N) is 1. The van der Waals surface area contributed by atoms with Gasteiger partial charge in [0.05, 0.1) is 0 Å². The van der Waals surface area contributed by atoms with Gasteiger partial charge in [0.2, 0.25) is 0 Å². The first-order valence-corrected chi connectivity index (χ1v) is 7.32. The Hall–Kier alpha value is -1.55. The first-order chi connectivity index (χ1) is 9.60. The Kier molecular flexibility index (Phi) is 5.01. The van der Waals surface area contributed by atoms with Crippen LogP contribution in [0.15, 0.2) is 24.3 Å². The van der Waals surface area contributed by atoms with Crippen LogP contribution in [0.3, 0.4) is 0 Å². The first kappa shape index (κ1) is 14.9. The summed E-state index contributed by atoms with van der Waals surface area (Å²) in [5, 5.41) is 3.42. The Bertz CT molecular complexity index is 496. The molecule has 1 saturated heterocycles. The Morgan fingerprint density at radius 2 is 2.05 bits per heavy atom. The van der Waals surface area contributed by atoms with Crippen LogP contribution in [0.25, 0.3) is 0 Å². The van der Waals surface area contributed by atoms with Crippen molar-refractivity contribution in [3.05, 3.63) is 29.3 Å². The van der Waals surface area contributed by atoms with Crippen molar-refractivity contribution in [2.75, 3.05) is 18.4 Å². The fourth-order valence-electron chi connectivity index (χ4n) is 2.46. The molecule has 0 spiro atoms. The molecular formula is C15H19ClN2O2. The highest BCUT2D eigenvalue weighted by Crippen LogP contribution is 2.21. The predicted molar refractivity (Wildman–Crippen MR) is 80.1 cm³/mol. The van der Waals surface area contributed by atoms with Crippen molar-refractivity contribution in [2.45, 2.75) is 26.2 Å². The van der Waals surface area contributed by atoms with Crippen molar-refractivity contribution in [1.82, 2.24) is 4.90 Å². The molecule has 20 heavy (non-hydrogen) atoms. The summed E-state index contributed by atoms with van der Waals surface area (Å²) in [4.78, 5) is 25.5. The van der Waals surface area contributed by atoms with E-state index in [1.54, 1.807) is 29.2 Å². The Morgan fingerprint density at radius 3 is 2.65 bits per heavy atom. The molecule has 1 aromatic rings. The van der Waals surface area contributed by atoms with Crippen molar-refractivity contribution in [3.8, 4) is 0 Å². The predicted octanol–water partition coefficient (Wildman–Crippen LogP) is 3.56. The van der Waals surface area contributed by atoms with Crippen LogP contribution in [0.5, 0.6) is 0 Å². The molecule has 1 fully saturated rings. The van der Waals surface area contributed by atoms with Crippen LogP contribution in [0.4, 0.5) is 10.5 Å². The molecule has 2 amide bonds. The lowest BCUT2D eigenvalue weighted by atomic mass is 9.91. The number of rotatable bonds is 3. The summed E-state index contributed by atoms with van der Waals surface area (Å²) in [6.45, 7) is 3.15. The Labute approximate surface area is 124 Å². The van der Waals surface area contributed by atoms with Crippen LogP contribution in [0.2, 0.25) is 5.02 Å². The number of carbonyl (C=O) groups is 2. The molecule has 0 saturated carbocycles. The van der Waals surface area contributed by atoms with Gasteiger partial charge in [0.1, 0.15) is 5.78 Å². The summed E-state index contributed by atoms with van der Waals surface area (Å²) < 4.78 is 0. The molecule has 5 heteroatoms. The minimum Gasteiger partial charge on any atom is -0.324 e. The third-order valence-corrected chi connectivity index (χ3v) is 3.90. The van der Waals surface area contributed by atoms with E-state index in [0.29, 0.717) is 36.0 Å². The lowest BCUT2D eigenvalue weighted by Crippen LogP contribution is -2.42. The zero-order chi connectivity index (χ0) is 14.5. The quantitative estimate of drug-likeness (QED) is 0.926. The van der Waals surface area contributed by atoms with E-state index in [2.05, 4.69) is 5.32 Å². The zero-order valence-corrected chi connectivity index (χ0v) is 12.3. The summed E-state index contributed by atoms with van der Waals surface area (Å²) in [5.74, 6) is 0.426. The summed E-state index contributed by atoms with van der Waals surface area (Å²) in [6.07, 6.45) is 2.10. The van der Waals surface area contributed by atoms with Crippen LogP contribution >= 0.6 is 11.6 Å². The van der Waals surface area contributed by atoms with Gasteiger partial charge in [-0.2, -0.15) is 0 Å². The molecule has 1 N–H and O–H groups in total. The number of likely N-dealkylation sites (tertiary alicyclic amines) is 1. The highest BCUT2D eigenvalue weighted by molar-refractivity contribution is 6.30. The molecule has 0 atom stereocenters. The number of amides is 2. The number of urea groups is 1. The van der Waals surface area contributed by atoms with Crippen LogP contribution in [0, 0.1) is 5.92 Å². The first-order valence-electron chi connectivity index (χ1n) is 6.94. The average molecular weight is 295 g/mol. The van der Waals surface area contributed by atoms with Gasteiger partial charge >= 0.3 is 6.03 Å². The molecule has 0 aromatic heterocycles. The lowest BCUT2D eigenvalue weighted by molar-refractivity contribution is -0.123. The molecule has 4 nitrogen and oxygen atoms in total. The Balaban J connectivity index is 1.87. The fourth-order valence-corrected chi connectivity index (χ4v) is 2.65. The van der Waals surface area contributed by atoms with Gasteiger partial charge in [-0.15, -0.1) is 0 Å². The van der Waals surface area contributed by atoms with Gasteiger partial charge in [0, 0.05) is 36.1 Å². The molecule has 0 unspecified atom stereocenters. The SMILES string of the molecule is CCC(=O)C1CCN(C(=O)Nc2cccc(Cl)c2)CC1. The Morgan fingerprint density at radius 1 is 1.35 bits per heavy atom. The number of halogens is 1. The van der Waals surface area contributed by atoms with Gasteiger partial charge in [0.15, 0.2) is 0 Å². The number of anilines is 1. The number of hydrogen-bond acceptors (Lipinski definition) is 2. The van der Waals surface area contributed by atoms with E-state index in [1.165, 1.54) is 0 Å². The maximum atomic E-state index is 12.1. The lowest BCUT2D eigenvalue weighted by Gasteiger charge is -2.31.